The lowest BCUT2D eigenvalue weighted by Crippen LogP contribution is -2.03. The van der Waals surface area contributed by atoms with Crippen LogP contribution in [0.5, 0.6) is 11.5 Å². The number of carboxylic acids is 1. The van der Waals surface area contributed by atoms with Gasteiger partial charge in [-0.05, 0) is 18.2 Å². The quantitative estimate of drug-likeness (QED) is 0.682. The van der Waals surface area contributed by atoms with Crippen molar-refractivity contribution in [1.29, 1.82) is 5.26 Å². The molecule has 7 heteroatoms. The first-order valence-corrected chi connectivity index (χ1v) is 5.71. The van der Waals surface area contributed by atoms with Crippen molar-refractivity contribution in [2.75, 3.05) is 0 Å². The van der Waals surface area contributed by atoms with Gasteiger partial charge in [0.25, 0.3) is 5.69 Å². The molecule has 0 atom stereocenters. The van der Waals surface area contributed by atoms with E-state index in [4.69, 9.17) is 15.1 Å². The first-order valence-electron chi connectivity index (χ1n) is 5.71. The number of nitriles is 1. The maximum Gasteiger partial charge on any atom is 0.342 e. The zero-order valence-electron chi connectivity index (χ0n) is 10.5. The highest BCUT2D eigenvalue weighted by atomic mass is 16.6. The Labute approximate surface area is 118 Å². The third kappa shape index (κ3) is 2.96. The van der Waals surface area contributed by atoms with Gasteiger partial charge < -0.3 is 9.84 Å². The summed E-state index contributed by atoms with van der Waals surface area (Å²) in [4.78, 5) is 21.0. The van der Waals surface area contributed by atoms with Crippen LogP contribution in [0.2, 0.25) is 0 Å². The molecule has 0 heterocycles. The van der Waals surface area contributed by atoms with E-state index in [9.17, 15) is 14.9 Å². The minimum absolute atomic E-state index is 0.0979. The second-order valence-electron chi connectivity index (χ2n) is 3.95. The van der Waals surface area contributed by atoms with Crippen molar-refractivity contribution in [3.63, 3.8) is 0 Å². The third-order valence-corrected chi connectivity index (χ3v) is 2.63. The van der Waals surface area contributed by atoms with E-state index in [0.29, 0.717) is 0 Å². The molecule has 104 valence electrons. The molecule has 0 aliphatic rings. The Kier molecular flexibility index (Phi) is 3.81. The average molecular weight is 284 g/mol. The van der Waals surface area contributed by atoms with Gasteiger partial charge >= 0.3 is 5.97 Å². The lowest BCUT2D eigenvalue weighted by Gasteiger charge is -2.08. The molecule has 7 nitrogen and oxygen atoms in total. The number of nitro benzene ring substituents is 1. The molecule has 0 aromatic heterocycles. The van der Waals surface area contributed by atoms with Crippen LogP contribution in [-0.4, -0.2) is 16.0 Å². The number of hydrogen-bond acceptors (Lipinski definition) is 5. The normalized spacial score (nSPS) is 9.67. The number of aromatic carboxylic acids is 1. The number of nitrogens with zero attached hydrogens (tertiary/aromatic N) is 2. The van der Waals surface area contributed by atoms with Gasteiger partial charge in [0.1, 0.15) is 23.1 Å². The second kappa shape index (κ2) is 5.71. The van der Waals surface area contributed by atoms with Gasteiger partial charge in [0.2, 0.25) is 0 Å². The molecule has 0 spiro atoms. The van der Waals surface area contributed by atoms with Gasteiger partial charge in [0, 0.05) is 12.1 Å². The van der Waals surface area contributed by atoms with Gasteiger partial charge in [0.15, 0.2) is 0 Å². The molecular formula is C14H8N2O5. The van der Waals surface area contributed by atoms with Crippen molar-refractivity contribution in [2.24, 2.45) is 0 Å². The van der Waals surface area contributed by atoms with Crippen LogP contribution >= 0.6 is 0 Å². The number of rotatable bonds is 4. The zero-order chi connectivity index (χ0) is 15.4. The molecule has 0 bridgehead atoms. The summed E-state index contributed by atoms with van der Waals surface area (Å²) in [7, 11) is 0. The summed E-state index contributed by atoms with van der Waals surface area (Å²) >= 11 is 0. The minimum atomic E-state index is -1.43. The van der Waals surface area contributed by atoms with E-state index >= 15 is 0 Å². The highest BCUT2D eigenvalue weighted by Gasteiger charge is 2.20. The molecular weight excluding hydrogens is 276 g/mol. The van der Waals surface area contributed by atoms with Crippen LogP contribution in [0.4, 0.5) is 5.69 Å². The molecule has 21 heavy (non-hydrogen) atoms. The molecule has 0 saturated carbocycles. The van der Waals surface area contributed by atoms with Crippen LogP contribution < -0.4 is 4.74 Å². The zero-order valence-corrected chi connectivity index (χ0v) is 10.5. The SMILES string of the molecule is N#Cc1ccccc1Oc1ccc([N+](=O)[O-])c(C(=O)O)c1. The van der Waals surface area contributed by atoms with Gasteiger partial charge in [0.05, 0.1) is 10.5 Å². The number of nitro groups is 1. The van der Waals surface area contributed by atoms with Crippen LogP contribution in [0.15, 0.2) is 42.5 Å². The molecule has 0 unspecified atom stereocenters. The third-order valence-electron chi connectivity index (χ3n) is 2.63. The summed E-state index contributed by atoms with van der Waals surface area (Å²) in [5.41, 5.74) is -0.733. The van der Waals surface area contributed by atoms with Crippen LogP contribution in [0.1, 0.15) is 15.9 Å². The first kappa shape index (κ1) is 14.0. The summed E-state index contributed by atoms with van der Waals surface area (Å²) in [5.74, 6) is -1.09. The van der Waals surface area contributed by atoms with Crippen molar-refractivity contribution in [2.45, 2.75) is 0 Å². The highest BCUT2D eigenvalue weighted by molar-refractivity contribution is 5.92. The fourth-order valence-corrected chi connectivity index (χ4v) is 1.68. The lowest BCUT2D eigenvalue weighted by atomic mass is 10.1. The molecule has 0 fully saturated rings. The van der Waals surface area contributed by atoms with E-state index in [1.807, 2.05) is 6.07 Å². The van der Waals surface area contributed by atoms with Crippen molar-refractivity contribution < 1.29 is 19.6 Å². The number of benzene rings is 2. The van der Waals surface area contributed by atoms with E-state index < -0.39 is 22.1 Å². The first-order chi connectivity index (χ1) is 10.0. The molecule has 0 saturated heterocycles. The number of para-hydroxylation sites is 1. The Hall–Kier alpha value is -3.40. The Bertz CT molecular complexity index is 764. The maximum atomic E-state index is 11.0. The molecule has 0 amide bonds. The summed E-state index contributed by atoms with van der Waals surface area (Å²) in [6, 6.07) is 11.7. The molecule has 1 N–H and O–H groups in total. The predicted octanol–water partition coefficient (Wildman–Crippen LogP) is 2.96. The maximum absolute atomic E-state index is 11.0. The summed E-state index contributed by atoms with van der Waals surface area (Å²) in [6.07, 6.45) is 0. The van der Waals surface area contributed by atoms with Crippen molar-refractivity contribution in [3.8, 4) is 17.6 Å². The molecule has 2 aromatic carbocycles. The number of carbonyl (C=O) groups is 1. The van der Waals surface area contributed by atoms with Gasteiger partial charge in [-0.3, -0.25) is 10.1 Å². The highest BCUT2D eigenvalue weighted by Crippen LogP contribution is 2.29. The van der Waals surface area contributed by atoms with E-state index in [0.717, 1.165) is 12.1 Å². The van der Waals surface area contributed by atoms with Crippen molar-refractivity contribution in [1.82, 2.24) is 0 Å². The van der Waals surface area contributed by atoms with E-state index in [-0.39, 0.29) is 17.1 Å². The van der Waals surface area contributed by atoms with Crippen molar-refractivity contribution >= 4 is 11.7 Å². The lowest BCUT2D eigenvalue weighted by molar-refractivity contribution is -0.385. The van der Waals surface area contributed by atoms with Gasteiger partial charge in [-0.2, -0.15) is 5.26 Å². The molecule has 0 radical (unpaired) electrons. The Morgan fingerprint density at radius 3 is 2.62 bits per heavy atom. The van der Waals surface area contributed by atoms with E-state index in [1.54, 1.807) is 24.3 Å². The van der Waals surface area contributed by atoms with Crippen LogP contribution in [0.3, 0.4) is 0 Å². The number of carboxylic acid groups (broad SMARTS) is 1. The molecule has 0 aliphatic heterocycles. The smallest absolute Gasteiger partial charge is 0.342 e. The predicted molar refractivity (Wildman–Crippen MR) is 71.3 cm³/mol. The van der Waals surface area contributed by atoms with Gasteiger partial charge in [-0.25, -0.2) is 4.79 Å². The molecule has 2 aromatic rings. The summed E-state index contributed by atoms with van der Waals surface area (Å²) < 4.78 is 5.42. The summed E-state index contributed by atoms with van der Waals surface area (Å²) in [6.45, 7) is 0. The van der Waals surface area contributed by atoms with Gasteiger partial charge in [-0.1, -0.05) is 12.1 Å². The largest absolute Gasteiger partial charge is 0.477 e. The Morgan fingerprint density at radius 1 is 1.29 bits per heavy atom. The molecule has 2 rings (SSSR count). The second-order valence-corrected chi connectivity index (χ2v) is 3.95. The Balaban J connectivity index is 2.42. The standard InChI is InChI=1S/C14H8N2O5/c15-8-9-3-1-2-4-13(9)21-10-5-6-12(16(19)20)11(7-10)14(17)18/h1-7H,(H,17,18). The number of hydrogen-bond donors (Lipinski definition) is 1. The van der Waals surface area contributed by atoms with E-state index in [2.05, 4.69) is 0 Å². The average Bonchev–Trinajstić information content (AvgIpc) is 2.47. The van der Waals surface area contributed by atoms with Crippen LogP contribution in [0.25, 0.3) is 0 Å². The molecule has 0 aliphatic carbocycles. The van der Waals surface area contributed by atoms with Crippen molar-refractivity contribution in [3.05, 3.63) is 63.7 Å². The fourth-order valence-electron chi connectivity index (χ4n) is 1.68. The summed E-state index contributed by atoms with van der Waals surface area (Å²) in [5, 5.41) is 28.7. The minimum Gasteiger partial charge on any atom is -0.477 e. The van der Waals surface area contributed by atoms with Crippen LogP contribution in [-0.2, 0) is 0 Å². The fraction of sp³-hybridized carbons (Fsp3) is 0. The monoisotopic (exact) mass is 284 g/mol. The topological polar surface area (TPSA) is 113 Å². The van der Waals surface area contributed by atoms with Gasteiger partial charge in [-0.15, -0.1) is 0 Å². The Morgan fingerprint density at radius 2 is 2.00 bits per heavy atom. The van der Waals surface area contributed by atoms with Crippen LogP contribution in [0, 0.1) is 21.4 Å². The van der Waals surface area contributed by atoms with E-state index in [1.165, 1.54) is 6.07 Å². The number of ether oxygens (including phenoxy) is 1.